The van der Waals surface area contributed by atoms with Crippen LogP contribution in [0.1, 0.15) is 20.9 Å². The third-order valence-electron chi connectivity index (χ3n) is 4.09. The van der Waals surface area contributed by atoms with Crippen molar-refractivity contribution in [3.63, 3.8) is 0 Å². The Kier molecular flexibility index (Phi) is 4.88. The maximum Gasteiger partial charge on any atom is 0.251 e. The number of carbonyl (C=O) groups excluding carboxylic acids is 1. The summed E-state index contributed by atoms with van der Waals surface area (Å²) in [5.41, 5.74) is 3.42. The van der Waals surface area contributed by atoms with E-state index in [-0.39, 0.29) is 5.91 Å². The molecule has 1 fully saturated rings. The minimum atomic E-state index is -0.0735. The highest BCUT2D eigenvalue weighted by molar-refractivity contribution is 7.09. The third kappa shape index (κ3) is 3.86. The third-order valence-corrected chi connectivity index (χ3v) is 5.02. The van der Waals surface area contributed by atoms with Crippen LogP contribution in [0, 0.1) is 6.92 Å². The first kappa shape index (κ1) is 15.9. The first-order valence-electron chi connectivity index (χ1n) is 7.70. The van der Waals surface area contributed by atoms with Gasteiger partial charge in [-0.25, -0.2) is 9.97 Å². The van der Waals surface area contributed by atoms with E-state index in [2.05, 4.69) is 32.1 Å². The molecule has 3 rings (SSSR count). The van der Waals surface area contributed by atoms with Crippen LogP contribution in [0.3, 0.4) is 0 Å². The van der Waals surface area contributed by atoms with Crippen LogP contribution in [-0.2, 0) is 6.54 Å². The van der Waals surface area contributed by atoms with E-state index in [1.54, 1.807) is 29.1 Å². The van der Waals surface area contributed by atoms with Crippen LogP contribution in [0.2, 0.25) is 0 Å². The quantitative estimate of drug-likeness (QED) is 0.921. The van der Waals surface area contributed by atoms with Gasteiger partial charge in [-0.3, -0.25) is 4.79 Å². The van der Waals surface area contributed by atoms with Crippen LogP contribution < -0.4 is 10.2 Å². The summed E-state index contributed by atoms with van der Waals surface area (Å²) in [5.74, 6) is 0.801. The Morgan fingerprint density at radius 3 is 2.78 bits per heavy atom. The standard InChI is InChI=1S/C16H21N5OS/c1-12-14(23-11-19-12)10-18-16(22)13-3-4-17-15(9-13)21-7-5-20(2)6-8-21/h3-4,9,11H,5-8,10H2,1-2H3,(H,18,22). The number of hydrogen-bond donors (Lipinski definition) is 1. The summed E-state index contributed by atoms with van der Waals surface area (Å²) in [4.78, 5) is 26.6. The molecule has 0 bridgehead atoms. The summed E-state index contributed by atoms with van der Waals surface area (Å²) < 4.78 is 0. The van der Waals surface area contributed by atoms with E-state index in [0.29, 0.717) is 12.1 Å². The Balaban J connectivity index is 1.64. The fraction of sp³-hybridized carbons (Fsp3) is 0.438. The average Bonchev–Trinajstić information content (AvgIpc) is 2.98. The van der Waals surface area contributed by atoms with Crippen molar-refractivity contribution in [2.45, 2.75) is 13.5 Å². The summed E-state index contributed by atoms with van der Waals surface area (Å²) in [7, 11) is 2.12. The summed E-state index contributed by atoms with van der Waals surface area (Å²) in [6.07, 6.45) is 1.71. The van der Waals surface area contributed by atoms with Gasteiger partial charge in [-0.2, -0.15) is 0 Å². The molecular formula is C16H21N5OS. The second kappa shape index (κ2) is 7.06. The molecule has 1 aliphatic heterocycles. The number of amides is 1. The smallest absolute Gasteiger partial charge is 0.251 e. The topological polar surface area (TPSA) is 61.4 Å². The Morgan fingerprint density at radius 2 is 2.09 bits per heavy atom. The van der Waals surface area contributed by atoms with Gasteiger partial charge < -0.3 is 15.1 Å². The Labute approximate surface area is 140 Å². The van der Waals surface area contributed by atoms with E-state index in [9.17, 15) is 4.79 Å². The zero-order chi connectivity index (χ0) is 16.2. The van der Waals surface area contributed by atoms with Crippen LogP contribution in [0.5, 0.6) is 0 Å². The molecule has 1 N–H and O–H groups in total. The number of hydrogen-bond acceptors (Lipinski definition) is 6. The molecule has 1 aliphatic rings. The predicted octanol–water partition coefficient (Wildman–Crippen LogP) is 1.53. The fourth-order valence-electron chi connectivity index (χ4n) is 2.53. The van der Waals surface area contributed by atoms with Crippen LogP contribution in [0.4, 0.5) is 5.82 Å². The maximum atomic E-state index is 12.4. The van der Waals surface area contributed by atoms with E-state index < -0.39 is 0 Å². The van der Waals surface area contributed by atoms with E-state index in [1.807, 2.05) is 13.0 Å². The second-order valence-corrected chi connectivity index (χ2v) is 6.68. The molecule has 7 heteroatoms. The summed E-state index contributed by atoms with van der Waals surface area (Å²) in [5, 5.41) is 2.96. The van der Waals surface area contributed by atoms with Crippen molar-refractivity contribution in [3.05, 3.63) is 40.0 Å². The molecule has 122 valence electrons. The van der Waals surface area contributed by atoms with Gasteiger partial charge in [0.05, 0.1) is 17.7 Å². The van der Waals surface area contributed by atoms with Gasteiger partial charge in [0.1, 0.15) is 5.82 Å². The highest BCUT2D eigenvalue weighted by Gasteiger charge is 2.16. The van der Waals surface area contributed by atoms with Crippen LogP contribution in [0.25, 0.3) is 0 Å². The van der Waals surface area contributed by atoms with Gasteiger partial charge in [-0.1, -0.05) is 0 Å². The molecule has 0 saturated carbocycles. The number of pyridine rings is 1. The molecule has 0 spiro atoms. The van der Waals surface area contributed by atoms with E-state index in [0.717, 1.165) is 42.6 Å². The molecule has 0 aromatic carbocycles. The molecule has 3 heterocycles. The summed E-state index contributed by atoms with van der Waals surface area (Å²) in [6, 6.07) is 3.63. The number of likely N-dealkylation sites (N-methyl/N-ethyl adjacent to an activating group) is 1. The number of thiazole rings is 1. The van der Waals surface area contributed by atoms with Crippen LogP contribution in [-0.4, -0.2) is 54.0 Å². The summed E-state index contributed by atoms with van der Waals surface area (Å²) >= 11 is 1.56. The molecule has 2 aromatic rings. The fourth-order valence-corrected chi connectivity index (χ4v) is 3.24. The van der Waals surface area contributed by atoms with Crippen molar-refractivity contribution in [1.29, 1.82) is 0 Å². The highest BCUT2D eigenvalue weighted by Crippen LogP contribution is 2.16. The van der Waals surface area contributed by atoms with Gasteiger partial charge in [0.2, 0.25) is 0 Å². The predicted molar refractivity (Wildman–Crippen MR) is 92.0 cm³/mol. The average molecular weight is 331 g/mol. The number of aromatic nitrogens is 2. The zero-order valence-corrected chi connectivity index (χ0v) is 14.3. The van der Waals surface area contributed by atoms with Crippen molar-refractivity contribution in [1.82, 2.24) is 20.2 Å². The first-order valence-corrected chi connectivity index (χ1v) is 8.58. The van der Waals surface area contributed by atoms with Gasteiger partial charge in [0, 0.05) is 42.8 Å². The lowest BCUT2D eigenvalue weighted by atomic mass is 10.2. The monoisotopic (exact) mass is 331 g/mol. The van der Waals surface area contributed by atoms with Crippen molar-refractivity contribution >= 4 is 23.1 Å². The Morgan fingerprint density at radius 1 is 1.30 bits per heavy atom. The van der Waals surface area contributed by atoms with Crippen molar-refractivity contribution in [3.8, 4) is 0 Å². The number of anilines is 1. The molecule has 0 aliphatic carbocycles. The molecule has 1 amide bonds. The number of rotatable bonds is 4. The molecule has 2 aromatic heterocycles. The van der Waals surface area contributed by atoms with Gasteiger partial charge in [0.25, 0.3) is 5.91 Å². The SMILES string of the molecule is Cc1ncsc1CNC(=O)c1ccnc(N2CCN(C)CC2)c1. The normalized spacial score (nSPS) is 15.7. The minimum Gasteiger partial charge on any atom is -0.354 e. The number of nitrogens with zero attached hydrogens (tertiary/aromatic N) is 4. The molecule has 0 atom stereocenters. The van der Waals surface area contributed by atoms with Crippen LogP contribution in [0.15, 0.2) is 23.8 Å². The number of nitrogens with one attached hydrogen (secondary N) is 1. The van der Waals surface area contributed by atoms with Gasteiger partial charge >= 0.3 is 0 Å². The van der Waals surface area contributed by atoms with E-state index in [4.69, 9.17) is 0 Å². The Hall–Kier alpha value is -1.99. The zero-order valence-electron chi connectivity index (χ0n) is 13.5. The van der Waals surface area contributed by atoms with E-state index >= 15 is 0 Å². The van der Waals surface area contributed by atoms with Crippen molar-refractivity contribution in [2.75, 3.05) is 38.1 Å². The molecule has 0 radical (unpaired) electrons. The van der Waals surface area contributed by atoms with Gasteiger partial charge in [0.15, 0.2) is 0 Å². The molecule has 23 heavy (non-hydrogen) atoms. The second-order valence-electron chi connectivity index (χ2n) is 5.74. The maximum absolute atomic E-state index is 12.4. The van der Waals surface area contributed by atoms with Crippen molar-refractivity contribution in [2.24, 2.45) is 0 Å². The summed E-state index contributed by atoms with van der Waals surface area (Å²) in [6.45, 7) is 6.38. The lowest BCUT2D eigenvalue weighted by Crippen LogP contribution is -2.44. The Bertz CT molecular complexity index is 679. The van der Waals surface area contributed by atoms with Crippen molar-refractivity contribution < 1.29 is 4.79 Å². The molecule has 6 nitrogen and oxygen atoms in total. The van der Waals surface area contributed by atoms with Crippen LogP contribution >= 0.6 is 11.3 Å². The number of piperazine rings is 1. The lowest BCUT2D eigenvalue weighted by molar-refractivity contribution is 0.0951. The number of aryl methyl sites for hydroxylation is 1. The van der Waals surface area contributed by atoms with Gasteiger partial charge in [-0.15, -0.1) is 11.3 Å². The lowest BCUT2D eigenvalue weighted by Gasteiger charge is -2.33. The molecule has 0 unspecified atom stereocenters. The highest BCUT2D eigenvalue weighted by atomic mass is 32.1. The number of carbonyl (C=O) groups is 1. The molecular weight excluding hydrogens is 310 g/mol. The van der Waals surface area contributed by atoms with E-state index in [1.165, 1.54) is 0 Å². The first-order chi connectivity index (χ1) is 11.1. The largest absolute Gasteiger partial charge is 0.354 e. The van der Waals surface area contributed by atoms with Gasteiger partial charge in [-0.05, 0) is 26.1 Å². The minimum absolute atomic E-state index is 0.0735. The molecule has 1 saturated heterocycles.